The van der Waals surface area contributed by atoms with Crippen molar-refractivity contribution < 1.29 is 0 Å². The van der Waals surface area contributed by atoms with Crippen molar-refractivity contribution in [3.05, 3.63) is 279 Å². The van der Waals surface area contributed by atoms with E-state index in [0.717, 1.165) is 0 Å². The van der Waals surface area contributed by atoms with Crippen LogP contribution in [0.4, 0.5) is 0 Å². The summed E-state index contributed by atoms with van der Waals surface area (Å²) in [6.07, 6.45) is 0. The fraction of sp³-hybridized carbons (Fsp3) is 0. The molecule has 0 aliphatic carbocycles. The predicted octanol–water partition coefficient (Wildman–Crippen LogP) is 10.1. The molecular formula is C62H46Si2. The van der Waals surface area contributed by atoms with Gasteiger partial charge in [0.05, 0.1) is 0 Å². The zero-order valence-electron chi connectivity index (χ0n) is 35.6. The summed E-state index contributed by atoms with van der Waals surface area (Å²) in [5.41, 5.74) is 4.98. The summed E-state index contributed by atoms with van der Waals surface area (Å²) >= 11 is 0. The van der Waals surface area contributed by atoms with Gasteiger partial charge in [-0.2, -0.15) is 0 Å². The lowest BCUT2D eigenvalue weighted by Gasteiger charge is -2.35. The molecule has 0 atom stereocenters. The highest BCUT2D eigenvalue weighted by Crippen LogP contribution is 2.43. The Labute approximate surface area is 378 Å². The molecule has 2 heteroatoms. The SMILES string of the molecule is c1ccc(-c2c3ccccc3c(-c3cccc([Si](c4ccccc4)(c4ccccc4)c4ccccc4)c3)c3cc([Si](c4ccccc4)(c4ccccc4)c4ccccc4)ccc23)cc1. The van der Waals surface area contributed by atoms with Gasteiger partial charge < -0.3 is 0 Å². The Morgan fingerprint density at radius 1 is 0.172 bits per heavy atom. The number of fused-ring (bicyclic) bond motifs is 2. The second kappa shape index (κ2) is 16.9. The van der Waals surface area contributed by atoms with Crippen molar-refractivity contribution in [1.29, 1.82) is 0 Å². The topological polar surface area (TPSA) is 0 Å². The van der Waals surface area contributed by atoms with Crippen molar-refractivity contribution in [2.45, 2.75) is 0 Å². The standard InChI is InChI=1S/C62H46Si2/c1-8-25-47(26-9-1)61-57-41-22-23-42-58(57)62(48-27-24-40-55(45-48)63(49-28-10-2-11-29-49,50-30-12-3-13-31-50)51-32-14-4-15-33-51)60-46-56(43-44-59(60)61)64(52-34-16-5-17-35-52,53-36-18-6-19-37-53)54-38-20-7-21-39-54/h1-46H. The van der Waals surface area contributed by atoms with Crippen LogP contribution >= 0.6 is 0 Å². The molecule has 0 bridgehead atoms. The third-order valence-corrected chi connectivity index (χ3v) is 22.9. The summed E-state index contributed by atoms with van der Waals surface area (Å²) in [7, 11) is -5.70. The van der Waals surface area contributed by atoms with E-state index in [1.54, 1.807) is 0 Å². The first-order valence-corrected chi connectivity index (χ1v) is 26.3. The van der Waals surface area contributed by atoms with Crippen molar-refractivity contribution in [2.24, 2.45) is 0 Å². The van der Waals surface area contributed by atoms with Gasteiger partial charge in [-0.05, 0) is 85.3 Å². The van der Waals surface area contributed by atoms with Crippen LogP contribution in [0.15, 0.2) is 279 Å². The molecule has 0 aliphatic heterocycles. The van der Waals surface area contributed by atoms with Crippen LogP contribution in [0.3, 0.4) is 0 Å². The van der Waals surface area contributed by atoms with Crippen LogP contribution in [0.2, 0.25) is 0 Å². The Morgan fingerprint density at radius 3 is 0.844 bits per heavy atom. The third kappa shape index (κ3) is 6.50. The van der Waals surface area contributed by atoms with E-state index in [9.17, 15) is 0 Å². The lowest BCUT2D eigenvalue weighted by atomic mass is 9.86. The summed E-state index contributed by atoms with van der Waals surface area (Å²) in [6, 6.07) is 105. The van der Waals surface area contributed by atoms with E-state index in [-0.39, 0.29) is 0 Å². The quantitative estimate of drug-likeness (QED) is 0.0731. The Bertz CT molecular complexity index is 3140. The number of hydrogen-bond donors (Lipinski definition) is 0. The molecule has 302 valence electrons. The van der Waals surface area contributed by atoms with Gasteiger partial charge in [0.1, 0.15) is 0 Å². The highest BCUT2D eigenvalue weighted by molar-refractivity contribution is 7.20. The molecule has 0 fully saturated rings. The first kappa shape index (κ1) is 39.2. The number of hydrogen-bond acceptors (Lipinski definition) is 0. The number of rotatable bonds is 10. The van der Waals surface area contributed by atoms with Crippen LogP contribution in [0.25, 0.3) is 43.8 Å². The molecule has 0 radical (unpaired) electrons. The van der Waals surface area contributed by atoms with Crippen molar-refractivity contribution in [2.75, 3.05) is 0 Å². The molecule has 0 unspecified atom stereocenters. The zero-order valence-corrected chi connectivity index (χ0v) is 37.6. The molecule has 0 heterocycles. The lowest BCUT2D eigenvalue weighted by Crippen LogP contribution is -2.74. The molecule has 64 heavy (non-hydrogen) atoms. The van der Waals surface area contributed by atoms with Crippen LogP contribution < -0.4 is 41.5 Å². The van der Waals surface area contributed by atoms with Gasteiger partial charge in [0.15, 0.2) is 16.1 Å². The molecule has 0 aromatic heterocycles. The molecule has 0 saturated carbocycles. The molecule has 0 nitrogen and oxygen atoms in total. The van der Waals surface area contributed by atoms with Crippen molar-refractivity contribution in [1.82, 2.24) is 0 Å². The first-order chi connectivity index (χ1) is 31.8. The minimum absolute atomic E-state index is 1.22. The average molecular weight is 847 g/mol. The van der Waals surface area contributed by atoms with Crippen molar-refractivity contribution in [3.63, 3.8) is 0 Å². The smallest absolute Gasteiger partial charge is 0.0623 e. The second-order valence-corrected chi connectivity index (χ2v) is 24.3. The summed E-state index contributed by atoms with van der Waals surface area (Å²) < 4.78 is 0. The fourth-order valence-electron chi connectivity index (χ4n) is 10.7. The van der Waals surface area contributed by atoms with E-state index < -0.39 is 16.1 Å². The van der Waals surface area contributed by atoms with Gasteiger partial charge in [0.2, 0.25) is 0 Å². The van der Waals surface area contributed by atoms with E-state index in [1.807, 2.05) is 0 Å². The van der Waals surface area contributed by atoms with Gasteiger partial charge in [0, 0.05) is 0 Å². The van der Waals surface area contributed by atoms with Crippen LogP contribution in [-0.4, -0.2) is 16.1 Å². The van der Waals surface area contributed by atoms with Crippen LogP contribution in [0.1, 0.15) is 0 Å². The predicted molar refractivity (Wildman–Crippen MR) is 280 cm³/mol. The molecular weight excluding hydrogens is 801 g/mol. The third-order valence-electron chi connectivity index (χ3n) is 13.3. The Hall–Kier alpha value is -7.63. The normalized spacial score (nSPS) is 11.8. The maximum atomic E-state index is 2.59. The van der Waals surface area contributed by atoms with Crippen LogP contribution in [-0.2, 0) is 0 Å². The van der Waals surface area contributed by atoms with Crippen molar-refractivity contribution >= 4 is 79.2 Å². The molecule has 11 aromatic carbocycles. The second-order valence-electron chi connectivity index (χ2n) is 16.7. The van der Waals surface area contributed by atoms with Gasteiger partial charge in [-0.3, -0.25) is 0 Å². The van der Waals surface area contributed by atoms with Crippen LogP contribution in [0.5, 0.6) is 0 Å². The molecule has 0 saturated heterocycles. The van der Waals surface area contributed by atoms with Gasteiger partial charge >= 0.3 is 0 Å². The molecule has 0 spiro atoms. The molecule has 11 rings (SSSR count). The maximum Gasteiger partial charge on any atom is 0.179 e. The Balaban J connectivity index is 1.28. The van der Waals surface area contributed by atoms with Gasteiger partial charge in [-0.25, -0.2) is 0 Å². The van der Waals surface area contributed by atoms with E-state index in [4.69, 9.17) is 0 Å². The summed E-state index contributed by atoms with van der Waals surface area (Å²) in [4.78, 5) is 0. The van der Waals surface area contributed by atoms with Crippen molar-refractivity contribution in [3.8, 4) is 22.3 Å². The lowest BCUT2D eigenvalue weighted by molar-refractivity contribution is 1.64. The van der Waals surface area contributed by atoms with E-state index in [1.165, 1.54) is 85.3 Å². The highest BCUT2D eigenvalue weighted by atomic mass is 28.3. The largest absolute Gasteiger partial charge is 0.179 e. The van der Waals surface area contributed by atoms with E-state index in [2.05, 4.69) is 279 Å². The van der Waals surface area contributed by atoms with Gasteiger partial charge in [-0.15, -0.1) is 0 Å². The summed E-state index contributed by atoms with van der Waals surface area (Å²) in [5, 5.41) is 15.9. The van der Waals surface area contributed by atoms with Crippen LogP contribution in [0, 0.1) is 0 Å². The van der Waals surface area contributed by atoms with E-state index in [0.29, 0.717) is 0 Å². The Kier molecular flexibility index (Phi) is 10.4. The molecule has 0 amide bonds. The first-order valence-electron chi connectivity index (χ1n) is 22.3. The fourth-order valence-corrected chi connectivity index (χ4v) is 20.2. The molecule has 0 aliphatic rings. The van der Waals surface area contributed by atoms with Gasteiger partial charge in [0.25, 0.3) is 0 Å². The maximum absolute atomic E-state index is 2.87. The monoisotopic (exact) mass is 846 g/mol. The molecule has 0 N–H and O–H groups in total. The van der Waals surface area contributed by atoms with Gasteiger partial charge in [-0.1, -0.05) is 279 Å². The summed E-state index contributed by atoms with van der Waals surface area (Å²) in [5.74, 6) is 0. The minimum Gasteiger partial charge on any atom is -0.0623 e. The average Bonchev–Trinajstić information content (AvgIpc) is 3.38. The molecule has 11 aromatic rings. The zero-order chi connectivity index (χ0) is 42.8. The minimum atomic E-state index is -2.87. The summed E-state index contributed by atoms with van der Waals surface area (Å²) in [6.45, 7) is 0. The Morgan fingerprint density at radius 2 is 0.453 bits per heavy atom. The van der Waals surface area contributed by atoms with E-state index >= 15 is 0 Å². The highest BCUT2D eigenvalue weighted by Gasteiger charge is 2.43. The number of benzene rings is 11.